The van der Waals surface area contributed by atoms with Crippen molar-refractivity contribution >= 4 is 11.6 Å². The summed E-state index contributed by atoms with van der Waals surface area (Å²) < 4.78 is 0. The lowest BCUT2D eigenvalue weighted by Crippen LogP contribution is -2.32. The summed E-state index contributed by atoms with van der Waals surface area (Å²) in [7, 11) is 3.86. The number of carbonyl (C=O) groups is 1. The first kappa shape index (κ1) is 19.6. The molecule has 144 valence electrons. The summed E-state index contributed by atoms with van der Waals surface area (Å²) in [6, 6.07) is 17.9. The number of nitrogens with one attached hydrogen (secondary N) is 1. The number of hydrogen-bond acceptors (Lipinski definition) is 3. The molecule has 4 heteroatoms. The number of nitrogens with zero attached hydrogens (tertiary/aromatic N) is 2. The van der Waals surface area contributed by atoms with E-state index in [1.165, 1.54) is 44.5 Å². The first-order chi connectivity index (χ1) is 13.1. The van der Waals surface area contributed by atoms with E-state index >= 15 is 0 Å². The Kier molecular flexibility index (Phi) is 7.02. The fourth-order valence-electron chi connectivity index (χ4n) is 3.80. The second-order valence-electron chi connectivity index (χ2n) is 7.62. The van der Waals surface area contributed by atoms with Crippen LogP contribution >= 0.6 is 0 Å². The van der Waals surface area contributed by atoms with E-state index in [0.717, 1.165) is 17.7 Å². The summed E-state index contributed by atoms with van der Waals surface area (Å²) in [4.78, 5) is 17.3. The number of amides is 1. The minimum absolute atomic E-state index is 0.00650. The summed E-state index contributed by atoms with van der Waals surface area (Å²) in [6.45, 7) is 3.72. The van der Waals surface area contributed by atoms with Gasteiger partial charge in [0.15, 0.2) is 0 Å². The van der Waals surface area contributed by atoms with Crippen LogP contribution in [-0.4, -0.2) is 49.4 Å². The highest BCUT2D eigenvalue weighted by Gasteiger charge is 2.22. The Balaban J connectivity index is 1.54. The van der Waals surface area contributed by atoms with Gasteiger partial charge >= 0.3 is 0 Å². The molecule has 1 heterocycles. The highest BCUT2D eigenvalue weighted by molar-refractivity contribution is 5.95. The molecule has 1 N–H and O–H groups in total. The molecule has 1 aliphatic heterocycles. The van der Waals surface area contributed by atoms with Crippen molar-refractivity contribution < 1.29 is 4.79 Å². The second-order valence-corrected chi connectivity index (χ2v) is 7.62. The van der Waals surface area contributed by atoms with E-state index in [9.17, 15) is 4.79 Å². The molecule has 1 unspecified atom stereocenters. The number of likely N-dealkylation sites (N-methyl/N-ethyl adjacent to an activating group) is 1. The first-order valence-corrected chi connectivity index (χ1v) is 9.97. The van der Waals surface area contributed by atoms with Crippen LogP contribution in [-0.2, 0) is 11.2 Å². The van der Waals surface area contributed by atoms with Crippen LogP contribution in [0, 0.1) is 0 Å². The van der Waals surface area contributed by atoms with Crippen molar-refractivity contribution in [2.24, 2.45) is 0 Å². The van der Waals surface area contributed by atoms with Gasteiger partial charge in [-0.3, -0.25) is 9.69 Å². The third-order valence-electron chi connectivity index (χ3n) is 5.24. The topological polar surface area (TPSA) is 35.6 Å². The molecule has 2 aromatic rings. The average Bonchev–Trinajstić information content (AvgIpc) is 3.17. The molecule has 0 aliphatic carbocycles. The molecule has 0 spiro atoms. The predicted octanol–water partition coefficient (Wildman–Crippen LogP) is 3.96. The lowest BCUT2D eigenvalue weighted by atomic mass is 10.0. The zero-order chi connectivity index (χ0) is 19.1. The fraction of sp³-hybridized carbons (Fsp3) is 0.435. The van der Waals surface area contributed by atoms with Crippen LogP contribution in [0.3, 0.4) is 0 Å². The summed E-state index contributed by atoms with van der Waals surface area (Å²) in [5, 5.41) is 3.06. The molecule has 1 saturated heterocycles. The number of aryl methyl sites for hydroxylation is 1. The SMILES string of the molecule is CN(C)C(C(=O)Nc1ccc(CCCN2CCCC2)cc1)c1ccccc1. The van der Waals surface area contributed by atoms with Crippen molar-refractivity contribution in [3.05, 3.63) is 65.7 Å². The van der Waals surface area contributed by atoms with E-state index < -0.39 is 0 Å². The van der Waals surface area contributed by atoms with Gasteiger partial charge < -0.3 is 10.2 Å². The number of likely N-dealkylation sites (tertiary alicyclic amines) is 1. The lowest BCUT2D eigenvalue weighted by Gasteiger charge is -2.24. The molecule has 0 saturated carbocycles. The van der Waals surface area contributed by atoms with Crippen molar-refractivity contribution in [1.29, 1.82) is 0 Å². The van der Waals surface area contributed by atoms with Gasteiger partial charge in [-0.15, -0.1) is 0 Å². The number of benzene rings is 2. The Labute approximate surface area is 163 Å². The van der Waals surface area contributed by atoms with Gasteiger partial charge in [0, 0.05) is 5.69 Å². The third kappa shape index (κ3) is 5.65. The number of carbonyl (C=O) groups excluding carboxylic acids is 1. The van der Waals surface area contributed by atoms with Crippen LogP contribution in [0.5, 0.6) is 0 Å². The molecular weight excluding hydrogens is 334 g/mol. The van der Waals surface area contributed by atoms with Crippen LogP contribution < -0.4 is 5.32 Å². The maximum Gasteiger partial charge on any atom is 0.246 e. The molecule has 0 radical (unpaired) electrons. The standard InChI is InChI=1S/C23H31N3O/c1-25(2)22(20-10-4-3-5-11-20)23(27)24-21-14-12-19(13-15-21)9-8-18-26-16-6-7-17-26/h3-5,10-15,22H,6-9,16-18H2,1-2H3,(H,24,27). The van der Waals surface area contributed by atoms with Crippen molar-refractivity contribution in [3.63, 3.8) is 0 Å². The fourth-order valence-corrected chi connectivity index (χ4v) is 3.80. The van der Waals surface area contributed by atoms with E-state index in [-0.39, 0.29) is 11.9 Å². The zero-order valence-electron chi connectivity index (χ0n) is 16.5. The Bertz CT molecular complexity index is 706. The molecule has 1 amide bonds. The van der Waals surface area contributed by atoms with E-state index in [4.69, 9.17) is 0 Å². The van der Waals surface area contributed by atoms with Gasteiger partial charge in [0.25, 0.3) is 0 Å². The van der Waals surface area contributed by atoms with E-state index in [2.05, 4.69) is 22.3 Å². The average molecular weight is 366 g/mol. The molecule has 1 fully saturated rings. The maximum absolute atomic E-state index is 12.8. The second kappa shape index (κ2) is 9.67. The van der Waals surface area contributed by atoms with Crippen molar-refractivity contribution in [2.75, 3.05) is 39.0 Å². The highest BCUT2D eigenvalue weighted by atomic mass is 16.2. The smallest absolute Gasteiger partial charge is 0.246 e. The quantitative estimate of drug-likeness (QED) is 0.769. The molecule has 0 bridgehead atoms. The molecule has 1 aliphatic rings. The van der Waals surface area contributed by atoms with Crippen LogP contribution in [0.25, 0.3) is 0 Å². The third-order valence-corrected chi connectivity index (χ3v) is 5.24. The normalized spacial score (nSPS) is 15.8. The summed E-state index contributed by atoms with van der Waals surface area (Å²) in [6.07, 6.45) is 4.99. The van der Waals surface area contributed by atoms with Gasteiger partial charge in [0.2, 0.25) is 5.91 Å². The van der Waals surface area contributed by atoms with Crippen molar-refractivity contribution in [3.8, 4) is 0 Å². The Morgan fingerprint density at radius 2 is 1.70 bits per heavy atom. The van der Waals surface area contributed by atoms with E-state index in [1.54, 1.807) is 0 Å². The summed E-state index contributed by atoms with van der Waals surface area (Å²) in [5.41, 5.74) is 3.18. The lowest BCUT2D eigenvalue weighted by molar-refractivity contribution is -0.120. The van der Waals surface area contributed by atoms with Gasteiger partial charge in [-0.2, -0.15) is 0 Å². The largest absolute Gasteiger partial charge is 0.324 e. The van der Waals surface area contributed by atoms with E-state index in [1.807, 2.05) is 61.5 Å². The Morgan fingerprint density at radius 1 is 1.04 bits per heavy atom. The zero-order valence-corrected chi connectivity index (χ0v) is 16.5. The van der Waals surface area contributed by atoms with E-state index in [0.29, 0.717) is 0 Å². The van der Waals surface area contributed by atoms with Crippen molar-refractivity contribution in [2.45, 2.75) is 31.7 Å². The van der Waals surface area contributed by atoms with Gasteiger partial charge in [-0.05, 0) is 82.7 Å². The summed E-state index contributed by atoms with van der Waals surface area (Å²) >= 11 is 0. The monoisotopic (exact) mass is 365 g/mol. The molecule has 1 atom stereocenters. The van der Waals surface area contributed by atoms with Gasteiger partial charge in [-0.1, -0.05) is 42.5 Å². The van der Waals surface area contributed by atoms with Gasteiger partial charge in [-0.25, -0.2) is 0 Å². The van der Waals surface area contributed by atoms with Crippen LogP contribution in [0.15, 0.2) is 54.6 Å². The highest BCUT2D eigenvalue weighted by Crippen LogP contribution is 2.21. The molecule has 0 aromatic heterocycles. The maximum atomic E-state index is 12.8. The number of rotatable bonds is 8. The number of anilines is 1. The minimum Gasteiger partial charge on any atom is -0.324 e. The first-order valence-electron chi connectivity index (χ1n) is 9.97. The van der Waals surface area contributed by atoms with Crippen molar-refractivity contribution in [1.82, 2.24) is 9.80 Å². The molecule has 4 nitrogen and oxygen atoms in total. The van der Waals surface area contributed by atoms with Gasteiger partial charge in [0.05, 0.1) is 0 Å². The molecular formula is C23H31N3O. The Hall–Kier alpha value is -2.17. The van der Waals surface area contributed by atoms with Crippen LogP contribution in [0.4, 0.5) is 5.69 Å². The van der Waals surface area contributed by atoms with Crippen LogP contribution in [0.1, 0.15) is 36.4 Å². The van der Waals surface area contributed by atoms with Gasteiger partial charge in [0.1, 0.15) is 6.04 Å². The molecule has 2 aromatic carbocycles. The Morgan fingerprint density at radius 3 is 2.33 bits per heavy atom. The molecule has 27 heavy (non-hydrogen) atoms. The summed E-state index contributed by atoms with van der Waals surface area (Å²) in [5.74, 6) is -0.00650. The van der Waals surface area contributed by atoms with Crippen LogP contribution in [0.2, 0.25) is 0 Å². The predicted molar refractivity (Wildman–Crippen MR) is 112 cm³/mol. The number of hydrogen-bond donors (Lipinski definition) is 1. The minimum atomic E-state index is -0.300. The molecule has 3 rings (SSSR count).